The fourth-order valence-corrected chi connectivity index (χ4v) is 10.2. The first kappa shape index (κ1) is 32.1. The van der Waals surface area contributed by atoms with Gasteiger partial charge in [-0.15, -0.1) is 11.3 Å². The number of nitrogens with zero attached hydrogens (tertiary/aromatic N) is 1. The summed E-state index contributed by atoms with van der Waals surface area (Å²) in [6.07, 6.45) is 0. The minimum atomic E-state index is 0.873. The summed E-state index contributed by atoms with van der Waals surface area (Å²) in [7, 11) is 0. The summed E-state index contributed by atoms with van der Waals surface area (Å²) in [6, 6.07) is 72.8. The molecule has 3 heteroatoms. The summed E-state index contributed by atoms with van der Waals surface area (Å²) in [5.41, 5.74) is 9.93. The topological polar surface area (TPSA) is 16.4 Å². The van der Waals surface area contributed by atoms with Gasteiger partial charge in [-0.3, -0.25) is 0 Å². The number of thiophene rings is 1. The van der Waals surface area contributed by atoms with Crippen molar-refractivity contribution >= 4 is 103 Å². The second-order valence-corrected chi connectivity index (χ2v) is 15.9. The van der Waals surface area contributed by atoms with E-state index in [9.17, 15) is 0 Å². The predicted octanol–water partition coefficient (Wildman–Crippen LogP) is 16.2. The number of fused-ring (bicyclic) bond motifs is 11. The molecule has 12 aromatic rings. The molecule has 0 atom stereocenters. The van der Waals surface area contributed by atoms with Gasteiger partial charge in [0.25, 0.3) is 0 Å². The van der Waals surface area contributed by atoms with E-state index in [1.807, 2.05) is 11.3 Å². The molecule has 2 heterocycles. The highest BCUT2D eigenvalue weighted by Gasteiger charge is 2.23. The zero-order valence-electron chi connectivity index (χ0n) is 30.8. The van der Waals surface area contributed by atoms with Crippen LogP contribution in [0.4, 0.5) is 17.1 Å². The Labute approximate surface area is 333 Å². The van der Waals surface area contributed by atoms with Gasteiger partial charge in [-0.05, 0) is 104 Å². The highest BCUT2D eigenvalue weighted by atomic mass is 32.1. The standard InChI is InChI=1S/C54H33NOS/c1-2-14-35(15-3-1)51-43-20-8-6-17-40(43)41-18-7-9-21-44(41)52(51)36-25-28-37(29-26-36)55(38-30-32-50-46(33-38)42-19-10-11-24-49(42)57-50)47-22-12-23-48-53(47)45-31-27-34-13-4-5-16-39(34)54(45)56-48/h1-33H. The van der Waals surface area contributed by atoms with Gasteiger partial charge in [0.05, 0.1) is 11.1 Å². The third-order valence-electron chi connectivity index (χ3n) is 11.6. The average Bonchev–Trinajstić information content (AvgIpc) is 3.86. The van der Waals surface area contributed by atoms with Gasteiger partial charge in [0.1, 0.15) is 11.2 Å². The Bertz CT molecular complexity index is 3520. The fraction of sp³-hybridized carbons (Fsp3) is 0. The molecule has 0 saturated heterocycles. The number of anilines is 3. The Morgan fingerprint density at radius 1 is 0.368 bits per heavy atom. The summed E-state index contributed by atoms with van der Waals surface area (Å²) >= 11 is 1.85. The molecular formula is C54H33NOS. The van der Waals surface area contributed by atoms with E-state index in [0.29, 0.717) is 0 Å². The zero-order chi connectivity index (χ0) is 37.5. The lowest BCUT2D eigenvalue weighted by atomic mass is 9.85. The molecule has 12 rings (SSSR count). The molecule has 0 aliphatic rings. The van der Waals surface area contributed by atoms with E-state index in [1.54, 1.807) is 0 Å². The van der Waals surface area contributed by atoms with Gasteiger partial charge in [0.15, 0.2) is 0 Å². The molecule has 10 aromatic carbocycles. The minimum absolute atomic E-state index is 0.873. The van der Waals surface area contributed by atoms with Crippen LogP contribution in [0.1, 0.15) is 0 Å². The summed E-state index contributed by atoms with van der Waals surface area (Å²) in [6.45, 7) is 0. The second-order valence-electron chi connectivity index (χ2n) is 14.8. The predicted molar refractivity (Wildman–Crippen MR) is 245 cm³/mol. The van der Waals surface area contributed by atoms with E-state index < -0.39 is 0 Å². The third kappa shape index (κ3) is 4.96. The van der Waals surface area contributed by atoms with E-state index in [4.69, 9.17) is 4.42 Å². The maximum atomic E-state index is 6.73. The van der Waals surface area contributed by atoms with Gasteiger partial charge in [-0.25, -0.2) is 0 Å². The highest BCUT2D eigenvalue weighted by molar-refractivity contribution is 7.25. The summed E-state index contributed by atoms with van der Waals surface area (Å²) in [5, 5.41) is 12.1. The summed E-state index contributed by atoms with van der Waals surface area (Å²) in [4.78, 5) is 2.42. The van der Waals surface area contributed by atoms with Crippen LogP contribution in [0.3, 0.4) is 0 Å². The molecule has 57 heavy (non-hydrogen) atoms. The van der Waals surface area contributed by atoms with Crippen molar-refractivity contribution in [2.45, 2.75) is 0 Å². The van der Waals surface area contributed by atoms with Crippen molar-refractivity contribution in [1.29, 1.82) is 0 Å². The number of rotatable bonds is 5. The first-order valence-corrected chi connectivity index (χ1v) is 20.2. The van der Waals surface area contributed by atoms with Crippen LogP contribution >= 0.6 is 11.3 Å². The summed E-state index contributed by atoms with van der Waals surface area (Å²) < 4.78 is 9.31. The van der Waals surface area contributed by atoms with E-state index >= 15 is 0 Å². The number of benzene rings is 10. The van der Waals surface area contributed by atoms with Crippen LogP contribution < -0.4 is 4.90 Å². The molecule has 0 aliphatic heterocycles. The van der Waals surface area contributed by atoms with Gasteiger partial charge >= 0.3 is 0 Å². The molecule has 0 unspecified atom stereocenters. The number of furan rings is 1. The molecule has 2 nitrogen and oxygen atoms in total. The molecule has 0 bridgehead atoms. The highest BCUT2D eigenvalue weighted by Crippen LogP contribution is 2.48. The van der Waals surface area contributed by atoms with Crippen LogP contribution in [0.25, 0.3) is 96.7 Å². The van der Waals surface area contributed by atoms with Crippen molar-refractivity contribution in [3.8, 4) is 22.3 Å². The molecule has 2 aromatic heterocycles. The van der Waals surface area contributed by atoms with Crippen molar-refractivity contribution in [3.05, 3.63) is 200 Å². The maximum Gasteiger partial charge on any atom is 0.143 e. The molecule has 0 spiro atoms. The van der Waals surface area contributed by atoms with Crippen LogP contribution in [0.15, 0.2) is 205 Å². The smallest absolute Gasteiger partial charge is 0.143 e. The fourth-order valence-electron chi connectivity index (χ4n) is 9.12. The zero-order valence-corrected chi connectivity index (χ0v) is 31.6. The normalized spacial score (nSPS) is 11.9. The molecule has 0 fully saturated rings. The van der Waals surface area contributed by atoms with Crippen molar-refractivity contribution in [1.82, 2.24) is 0 Å². The van der Waals surface area contributed by atoms with Crippen molar-refractivity contribution in [2.24, 2.45) is 0 Å². The SMILES string of the molecule is c1ccc(-c2c(-c3ccc(N(c4ccc5sc6ccccc6c5c4)c4cccc5oc6c7ccccc7ccc6c45)cc3)c3ccccc3c3ccccc23)cc1. The molecule has 0 amide bonds. The molecule has 266 valence electrons. The molecule has 0 N–H and O–H groups in total. The second kappa shape index (κ2) is 12.7. The van der Waals surface area contributed by atoms with Crippen molar-refractivity contribution in [2.75, 3.05) is 4.90 Å². The Balaban J connectivity index is 1.11. The lowest BCUT2D eigenvalue weighted by Crippen LogP contribution is -2.10. The minimum Gasteiger partial charge on any atom is -0.455 e. The van der Waals surface area contributed by atoms with Crippen LogP contribution in [-0.2, 0) is 0 Å². The van der Waals surface area contributed by atoms with E-state index in [0.717, 1.165) is 44.4 Å². The number of hydrogen-bond donors (Lipinski definition) is 0. The Kier molecular flexibility index (Phi) is 7.13. The van der Waals surface area contributed by atoms with Gasteiger partial charge in [0, 0.05) is 42.3 Å². The van der Waals surface area contributed by atoms with Crippen LogP contribution in [0.2, 0.25) is 0 Å². The van der Waals surface area contributed by atoms with E-state index in [-0.39, 0.29) is 0 Å². The Hall–Kier alpha value is -7.20. The summed E-state index contributed by atoms with van der Waals surface area (Å²) in [5.74, 6) is 0. The average molecular weight is 744 g/mol. The molecule has 0 saturated carbocycles. The van der Waals surface area contributed by atoms with Gasteiger partial charge in [-0.2, -0.15) is 0 Å². The molecule has 0 aliphatic carbocycles. The molecule has 0 radical (unpaired) electrons. The molecular weight excluding hydrogens is 711 g/mol. The van der Waals surface area contributed by atoms with Crippen LogP contribution in [0, 0.1) is 0 Å². The van der Waals surface area contributed by atoms with Gasteiger partial charge < -0.3 is 9.32 Å². The Morgan fingerprint density at radius 2 is 0.965 bits per heavy atom. The lowest BCUT2D eigenvalue weighted by Gasteiger charge is -2.27. The van der Waals surface area contributed by atoms with E-state index in [1.165, 1.54) is 69.4 Å². The van der Waals surface area contributed by atoms with Crippen molar-refractivity contribution < 1.29 is 4.42 Å². The third-order valence-corrected chi connectivity index (χ3v) is 12.8. The maximum absolute atomic E-state index is 6.73. The first-order chi connectivity index (χ1) is 28.3. The van der Waals surface area contributed by atoms with Crippen LogP contribution in [-0.4, -0.2) is 0 Å². The number of hydrogen-bond acceptors (Lipinski definition) is 3. The first-order valence-electron chi connectivity index (χ1n) is 19.4. The monoisotopic (exact) mass is 743 g/mol. The quantitative estimate of drug-likeness (QED) is 0.163. The van der Waals surface area contributed by atoms with Gasteiger partial charge in [0.2, 0.25) is 0 Å². The van der Waals surface area contributed by atoms with Gasteiger partial charge in [-0.1, -0.05) is 146 Å². The van der Waals surface area contributed by atoms with Crippen molar-refractivity contribution in [3.63, 3.8) is 0 Å². The lowest BCUT2D eigenvalue weighted by molar-refractivity contribution is 0.672. The van der Waals surface area contributed by atoms with Crippen LogP contribution in [0.5, 0.6) is 0 Å². The Morgan fingerprint density at radius 3 is 1.72 bits per heavy atom. The van der Waals surface area contributed by atoms with E-state index in [2.05, 4.69) is 205 Å². The largest absolute Gasteiger partial charge is 0.455 e.